The van der Waals surface area contributed by atoms with Crippen LogP contribution in [0.1, 0.15) is 52.0 Å². The molecule has 1 heterocycles. The van der Waals surface area contributed by atoms with Gasteiger partial charge < -0.3 is 14.2 Å². The van der Waals surface area contributed by atoms with Gasteiger partial charge in [0.15, 0.2) is 0 Å². The molecule has 5 heteroatoms. The Kier molecular flexibility index (Phi) is 10.3. The van der Waals surface area contributed by atoms with E-state index in [2.05, 4.69) is 94.2 Å². The lowest BCUT2D eigenvalue weighted by Crippen LogP contribution is -2.47. The van der Waals surface area contributed by atoms with Crippen LogP contribution in [0.15, 0.2) is 78.9 Å². The van der Waals surface area contributed by atoms with Gasteiger partial charge in [-0.2, -0.15) is 0 Å². The fourth-order valence-corrected chi connectivity index (χ4v) is 8.06. The molecule has 0 atom stereocenters. The molecule has 0 aliphatic carbocycles. The molecule has 218 valence electrons. The van der Waals surface area contributed by atoms with Crippen LogP contribution in [0.4, 0.5) is 0 Å². The van der Waals surface area contributed by atoms with Crippen LogP contribution in [-0.2, 0) is 20.9 Å². The molecule has 0 amide bonds. The first-order valence-electron chi connectivity index (χ1n) is 15.0. The summed E-state index contributed by atoms with van der Waals surface area (Å²) in [6.07, 6.45) is 4.72. The molecule has 1 aliphatic heterocycles. The lowest BCUT2D eigenvalue weighted by atomic mass is 9.82. The van der Waals surface area contributed by atoms with Crippen molar-refractivity contribution in [3.63, 3.8) is 0 Å². The zero-order valence-corrected chi connectivity index (χ0v) is 26.6. The molecule has 0 N–H and O–H groups in total. The Morgan fingerprint density at radius 3 is 2.02 bits per heavy atom. The van der Waals surface area contributed by atoms with E-state index in [-0.39, 0.29) is 12.0 Å². The second kappa shape index (κ2) is 13.7. The summed E-state index contributed by atoms with van der Waals surface area (Å²) in [7, 11) is -1.38. The van der Waals surface area contributed by atoms with E-state index in [0.29, 0.717) is 12.2 Å². The van der Waals surface area contributed by atoms with Gasteiger partial charge in [-0.15, -0.1) is 0 Å². The van der Waals surface area contributed by atoms with Crippen LogP contribution < -0.4 is 9.92 Å². The molecule has 0 spiro atoms. The summed E-state index contributed by atoms with van der Waals surface area (Å²) in [5, 5.41) is 1.53. The first-order chi connectivity index (χ1) is 19.7. The summed E-state index contributed by atoms with van der Waals surface area (Å²) in [4.78, 5) is 12.2. The molecule has 0 aromatic heterocycles. The second-order valence-electron chi connectivity index (χ2n) is 12.4. The van der Waals surface area contributed by atoms with Crippen molar-refractivity contribution in [2.45, 2.75) is 72.2 Å². The van der Waals surface area contributed by atoms with E-state index < -0.39 is 14.0 Å². The van der Waals surface area contributed by atoms with Crippen molar-refractivity contribution in [2.24, 2.45) is 5.41 Å². The highest BCUT2D eigenvalue weighted by Crippen LogP contribution is 2.35. The lowest BCUT2D eigenvalue weighted by molar-refractivity contribution is -0.140. The largest absolute Gasteiger partial charge is 0.492 e. The first-order valence-corrected chi connectivity index (χ1v) is 18.2. The summed E-state index contributed by atoms with van der Waals surface area (Å²) in [5.74, 6) is 0.343. The van der Waals surface area contributed by atoms with Crippen molar-refractivity contribution in [3.05, 3.63) is 84.4 Å². The van der Waals surface area contributed by atoms with Crippen molar-refractivity contribution in [1.29, 1.82) is 0 Å². The molecule has 3 aromatic carbocycles. The molecule has 4 rings (SSSR count). The smallest absolute Gasteiger partial charge is 0.333 e. The monoisotopic (exact) mass is 570 g/mol. The van der Waals surface area contributed by atoms with Crippen LogP contribution in [0.5, 0.6) is 5.75 Å². The van der Waals surface area contributed by atoms with Crippen molar-refractivity contribution >= 4 is 19.2 Å². The molecule has 3 aromatic rings. The number of hydrogen-bond donors (Lipinski definition) is 0. The average molecular weight is 571 g/mol. The number of carbonyl (C=O) groups is 1. The minimum atomic E-state index is -1.38. The zero-order chi connectivity index (χ0) is 29.5. The molecule has 1 fully saturated rings. The third-order valence-corrected chi connectivity index (χ3v) is 11.8. The van der Waals surface area contributed by atoms with E-state index in [1.54, 1.807) is 6.92 Å². The Labute approximate surface area is 247 Å². The number of carbonyl (C=O) groups excluding carboxylic acids is 1. The standard InChI is InChI=1S/C36H46O4Si/c1-7-9-21-41(5,6)33-17-14-29(15-18-33)28-10-12-30(13-11-28)31-16-19-34(32(22-31)23-39-35(37)27(3)4)40-26-36(20-8-2)24-38-25-36/h10-19,22H,3,7-9,20-21,23-26H2,1-2,4-6H3. The van der Waals surface area contributed by atoms with Crippen molar-refractivity contribution in [2.75, 3.05) is 19.8 Å². The summed E-state index contributed by atoms with van der Waals surface area (Å²) in [6.45, 7) is 17.0. The molecule has 0 bridgehead atoms. The van der Waals surface area contributed by atoms with Crippen LogP contribution >= 0.6 is 0 Å². The molecular formula is C36H46O4Si. The SMILES string of the molecule is C=C(C)C(=O)OCc1cc(-c2ccc(-c3ccc([Si](C)(C)CCCC)cc3)cc2)ccc1OCC1(CCC)COC1. The number of ether oxygens (including phenoxy) is 3. The Morgan fingerprint density at radius 1 is 0.902 bits per heavy atom. The molecule has 0 unspecified atom stereocenters. The average Bonchev–Trinajstić information content (AvgIpc) is 2.96. The van der Waals surface area contributed by atoms with Crippen LogP contribution in [0.3, 0.4) is 0 Å². The van der Waals surface area contributed by atoms with Crippen LogP contribution in [0.25, 0.3) is 22.3 Å². The maximum Gasteiger partial charge on any atom is 0.333 e. The Balaban J connectivity index is 1.52. The van der Waals surface area contributed by atoms with Crippen LogP contribution in [0.2, 0.25) is 19.1 Å². The number of esters is 1. The van der Waals surface area contributed by atoms with Gasteiger partial charge in [0.2, 0.25) is 0 Å². The van der Waals surface area contributed by atoms with Gasteiger partial charge in [0, 0.05) is 11.1 Å². The van der Waals surface area contributed by atoms with Gasteiger partial charge in [-0.1, -0.05) is 119 Å². The molecule has 1 aliphatic rings. The third kappa shape index (κ3) is 7.78. The topological polar surface area (TPSA) is 44.8 Å². The predicted molar refractivity (Wildman–Crippen MR) is 172 cm³/mol. The number of unbranched alkanes of at least 4 members (excludes halogenated alkanes) is 1. The van der Waals surface area contributed by atoms with E-state index in [1.165, 1.54) is 35.2 Å². The summed E-state index contributed by atoms with van der Waals surface area (Å²) in [6, 6.07) is 25.4. The van der Waals surface area contributed by atoms with Crippen molar-refractivity contribution in [1.82, 2.24) is 0 Å². The van der Waals surface area contributed by atoms with Gasteiger partial charge in [-0.25, -0.2) is 4.79 Å². The molecule has 0 saturated carbocycles. The summed E-state index contributed by atoms with van der Waals surface area (Å²) in [5.41, 5.74) is 5.89. The van der Waals surface area contributed by atoms with E-state index in [0.717, 1.165) is 48.5 Å². The van der Waals surface area contributed by atoms with Gasteiger partial charge in [-0.05, 0) is 47.7 Å². The Bertz CT molecular complexity index is 1320. The van der Waals surface area contributed by atoms with Gasteiger partial charge >= 0.3 is 5.97 Å². The number of benzene rings is 3. The highest BCUT2D eigenvalue weighted by molar-refractivity contribution is 6.89. The van der Waals surface area contributed by atoms with Gasteiger partial charge in [0.25, 0.3) is 0 Å². The number of hydrogen-bond acceptors (Lipinski definition) is 4. The fourth-order valence-electron chi connectivity index (χ4n) is 5.46. The quantitative estimate of drug-likeness (QED) is 0.111. The van der Waals surface area contributed by atoms with E-state index in [9.17, 15) is 4.79 Å². The highest BCUT2D eigenvalue weighted by Gasteiger charge is 2.38. The Hall–Kier alpha value is -3.15. The van der Waals surface area contributed by atoms with Crippen LogP contribution in [0, 0.1) is 5.41 Å². The van der Waals surface area contributed by atoms with Gasteiger partial charge in [0.1, 0.15) is 12.4 Å². The number of rotatable bonds is 14. The molecule has 0 radical (unpaired) electrons. The van der Waals surface area contributed by atoms with Gasteiger partial charge in [0.05, 0.1) is 33.3 Å². The normalized spacial score (nSPS) is 14.3. The summed E-state index contributed by atoms with van der Waals surface area (Å²) < 4.78 is 17.4. The van der Waals surface area contributed by atoms with E-state index in [4.69, 9.17) is 14.2 Å². The maximum absolute atomic E-state index is 12.2. The maximum atomic E-state index is 12.2. The van der Waals surface area contributed by atoms with E-state index in [1.807, 2.05) is 6.07 Å². The van der Waals surface area contributed by atoms with E-state index >= 15 is 0 Å². The Morgan fingerprint density at radius 2 is 1.49 bits per heavy atom. The minimum absolute atomic E-state index is 0.0700. The zero-order valence-electron chi connectivity index (χ0n) is 25.6. The molecule has 1 saturated heterocycles. The second-order valence-corrected chi connectivity index (χ2v) is 17.2. The fraction of sp³-hybridized carbons (Fsp3) is 0.417. The first kappa shape index (κ1) is 30.8. The molecule has 4 nitrogen and oxygen atoms in total. The van der Waals surface area contributed by atoms with Crippen molar-refractivity contribution < 1.29 is 19.0 Å². The minimum Gasteiger partial charge on any atom is -0.492 e. The lowest BCUT2D eigenvalue weighted by Gasteiger charge is -2.41. The predicted octanol–water partition coefficient (Wildman–Crippen LogP) is 8.55. The highest BCUT2D eigenvalue weighted by atomic mass is 28.3. The summed E-state index contributed by atoms with van der Waals surface area (Å²) >= 11 is 0. The van der Waals surface area contributed by atoms with Crippen molar-refractivity contribution in [3.8, 4) is 28.0 Å². The molecule has 41 heavy (non-hydrogen) atoms. The van der Waals surface area contributed by atoms with Crippen LogP contribution in [-0.4, -0.2) is 33.9 Å². The third-order valence-electron chi connectivity index (χ3n) is 8.27. The van der Waals surface area contributed by atoms with Gasteiger partial charge in [-0.3, -0.25) is 0 Å². The molecular weight excluding hydrogens is 524 g/mol.